The Kier molecular flexibility index (Phi) is 9.40. The second-order valence-corrected chi connectivity index (χ2v) is 7.63. The molecule has 0 aliphatic heterocycles. The Morgan fingerprint density at radius 1 is 0.872 bits per heavy atom. The van der Waals surface area contributed by atoms with E-state index in [9.17, 15) is 19.2 Å². The normalized spacial score (nSPS) is 11.3. The average Bonchev–Trinajstić information content (AvgIpc) is 2.91. The molecule has 1 aromatic heterocycles. The summed E-state index contributed by atoms with van der Waals surface area (Å²) in [5.41, 5.74) is 7.44. The predicted octanol–water partition coefficient (Wildman–Crippen LogP) is 2.73. The molecule has 200 valence electrons. The first-order valence-corrected chi connectivity index (χ1v) is 11.4. The van der Waals surface area contributed by atoms with Gasteiger partial charge in [-0.1, -0.05) is 24.3 Å². The molecule has 5 N–H and O–H groups in total. The molecular formula is C26H24N6O7. The molecule has 0 atom stereocenters. The quantitative estimate of drug-likeness (QED) is 0.0925. The van der Waals surface area contributed by atoms with Gasteiger partial charge in [0, 0.05) is 11.4 Å². The number of nitrogen functional groups attached to an aromatic ring is 1. The first-order valence-electron chi connectivity index (χ1n) is 11.4. The molecule has 0 fully saturated rings. The van der Waals surface area contributed by atoms with Gasteiger partial charge in [0.2, 0.25) is 17.8 Å². The third-order valence-corrected chi connectivity index (χ3v) is 4.89. The maximum Gasteiger partial charge on any atom is 0.345 e. The topological polar surface area (TPSA) is 196 Å². The molecule has 0 saturated carbocycles. The number of anilines is 5. The van der Waals surface area contributed by atoms with Crippen molar-refractivity contribution < 1.29 is 33.8 Å². The number of hydrogen-bond acceptors (Lipinski definition) is 12. The zero-order valence-corrected chi connectivity index (χ0v) is 20.9. The highest BCUT2D eigenvalue weighted by atomic mass is 16.5. The molecule has 13 nitrogen and oxygen atoms in total. The van der Waals surface area contributed by atoms with Gasteiger partial charge in [0.1, 0.15) is 5.57 Å². The van der Waals surface area contributed by atoms with Gasteiger partial charge in [-0.05, 0) is 54.5 Å². The van der Waals surface area contributed by atoms with Crippen LogP contribution < -0.4 is 16.4 Å². The van der Waals surface area contributed by atoms with Crippen LogP contribution in [-0.4, -0.2) is 58.0 Å². The smallest absolute Gasteiger partial charge is 0.345 e. The van der Waals surface area contributed by atoms with Gasteiger partial charge in [-0.15, -0.1) is 0 Å². The first kappa shape index (κ1) is 28.0. The molecule has 0 spiro atoms. The van der Waals surface area contributed by atoms with E-state index >= 15 is 0 Å². The number of carboxylic acid groups (broad SMARTS) is 1. The predicted molar refractivity (Wildman–Crippen MR) is 142 cm³/mol. The van der Waals surface area contributed by atoms with Crippen molar-refractivity contribution in [2.24, 2.45) is 0 Å². The first-order chi connectivity index (χ1) is 18.7. The highest BCUT2D eigenvalue weighted by molar-refractivity contribution is 6.17. The lowest BCUT2D eigenvalue weighted by molar-refractivity contribution is -0.145. The minimum absolute atomic E-state index is 0.0525. The monoisotopic (exact) mass is 532 g/mol. The van der Waals surface area contributed by atoms with E-state index in [2.05, 4.69) is 30.3 Å². The minimum atomic E-state index is -1.32. The summed E-state index contributed by atoms with van der Waals surface area (Å²) in [5.74, 6) is -2.68. The second-order valence-electron chi connectivity index (χ2n) is 7.63. The Bertz CT molecular complexity index is 1430. The molecule has 0 radical (unpaired) electrons. The zero-order valence-electron chi connectivity index (χ0n) is 20.9. The summed E-state index contributed by atoms with van der Waals surface area (Å²) in [6, 6.07) is 13.2. The lowest BCUT2D eigenvalue weighted by Crippen LogP contribution is -2.17. The lowest BCUT2D eigenvalue weighted by atomic mass is 10.1. The van der Waals surface area contributed by atoms with Gasteiger partial charge >= 0.3 is 17.9 Å². The number of rotatable bonds is 11. The van der Waals surface area contributed by atoms with Crippen molar-refractivity contribution in [3.05, 3.63) is 70.8 Å². The number of carboxylic acids is 1. The fourth-order valence-corrected chi connectivity index (χ4v) is 3.10. The van der Waals surface area contributed by atoms with Crippen LogP contribution in [0.1, 0.15) is 18.1 Å². The van der Waals surface area contributed by atoms with E-state index in [1.165, 1.54) is 19.3 Å². The molecule has 0 saturated heterocycles. The van der Waals surface area contributed by atoms with E-state index < -0.39 is 17.9 Å². The molecule has 13 heteroatoms. The number of aldehydes is 1. The van der Waals surface area contributed by atoms with E-state index in [-0.39, 0.29) is 41.9 Å². The van der Waals surface area contributed by atoms with E-state index in [1.54, 1.807) is 55.5 Å². The fraction of sp³-hybridized carbons (Fsp3) is 0.115. The van der Waals surface area contributed by atoms with Crippen molar-refractivity contribution >= 4 is 65.6 Å². The Morgan fingerprint density at radius 2 is 1.38 bits per heavy atom. The number of carbonyl (C=O) groups excluding carboxylic acids is 3. The molecule has 0 amide bonds. The molecule has 1 heterocycles. The number of carbonyl (C=O) groups is 4. The van der Waals surface area contributed by atoms with Crippen molar-refractivity contribution in [2.75, 3.05) is 30.1 Å². The standard InChI is InChI=1S/C26H24N6O7/c1-3-39-23(37)20(22(36)38-2)13-16-6-10-19(11-7-16)29-26-31-24(27)30-25(32-26)28-18-8-4-15(5-9-18)12-17(14-33)21(34)35/h4-14H,3H2,1-2H3,(H,34,35)(H4,27,28,29,30,31,32)/b17-12-,20-13-. The Morgan fingerprint density at radius 3 is 1.82 bits per heavy atom. The number of aromatic nitrogens is 3. The lowest BCUT2D eigenvalue weighted by Gasteiger charge is -2.10. The number of methoxy groups -OCH3 is 1. The number of aliphatic carboxylic acids is 1. The number of esters is 2. The number of nitrogens with one attached hydrogen (secondary N) is 2. The SMILES string of the molecule is CCOC(=O)/C(=C\c1ccc(Nc2nc(N)nc(Nc3ccc(/C=C(/C=O)C(=O)O)cc3)n2)cc1)C(=O)OC. The highest BCUT2D eigenvalue weighted by Crippen LogP contribution is 2.20. The van der Waals surface area contributed by atoms with Crippen molar-refractivity contribution in [3.8, 4) is 0 Å². The Balaban J connectivity index is 1.74. The van der Waals surface area contributed by atoms with Gasteiger partial charge < -0.3 is 30.9 Å². The average molecular weight is 533 g/mol. The maximum atomic E-state index is 12.1. The van der Waals surface area contributed by atoms with Crippen LogP contribution >= 0.6 is 0 Å². The van der Waals surface area contributed by atoms with Crippen LogP contribution in [0.3, 0.4) is 0 Å². The van der Waals surface area contributed by atoms with Crippen LogP contribution in [0.5, 0.6) is 0 Å². The number of hydrogen-bond donors (Lipinski definition) is 4. The maximum absolute atomic E-state index is 12.1. The van der Waals surface area contributed by atoms with Crippen LogP contribution in [0.2, 0.25) is 0 Å². The van der Waals surface area contributed by atoms with Crippen molar-refractivity contribution in [1.29, 1.82) is 0 Å². The molecule has 39 heavy (non-hydrogen) atoms. The van der Waals surface area contributed by atoms with Crippen LogP contribution in [0.25, 0.3) is 12.2 Å². The fourth-order valence-electron chi connectivity index (χ4n) is 3.10. The van der Waals surface area contributed by atoms with Gasteiger partial charge in [0.05, 0.1) is 19.3 Å². The van der Waals surface area contributed by atoms with Gasteiger partial charge in [-0.2, -0.15) is 15.0 Å². The Hall–Kier alpha value is -5.59. The van der Waals surface area contributed by atoms with Crippen molar-refractivity contribution in [3.63, 3.8) is 0 Å². The molecule has 0 aliphatic carbocycles. The van der Waals surface area contributed by atoms with E-state index in [0.29, 0.717) is 22.5 Å². The van der Waals surface area contributed by atoms with Crippen LogP contribution in [0, 0.1) is 0 Å². The molecule has 0 unspecified atom stereocenters. The molecule has 3 rings (SSSR count). The van der Waals surface area contributed by atoms with Crippen LogP contribution in [0.4, 0.5) is 29.2 Å². The van der Waals surface area contributed by atoms with Gasteiger partial charge in [0.15, 0.2) is 6.29 Å². The molecule has 0 aliphatic rings. The number of ether oxygens (including phenoxy) is 2. The second kappa shape index (κ2) is 13.1. The summed E-state index contributed by atoms with van der Waals surface area (Å²) in [6.07, 6.45) is 2.87. The summed E-state index contributed by atoms with van der Waals surface area (Å²) in [4.78, 5) is 58.3. The van der Waals surface area contributed by atoms with Crippen molar-refractivity contribution in [1.82, 2.24) is 15.0 Å². The van der Waals surface area contributed by atoms with Crippen molar-refractivity contribution in [2.45, 2.75) is 6.92 Å². The van der Waals surface area contributed by atoms with Gasteiger partial charge in [0.25, 0.3) is 0 Å². The third kappa shape index (κ3) is 7.95. The highest BCUT2D eigenvalue weighted by Gasteiger charge is 2.20. The van der Waals surface area contributed by atoms with E-state index in [4.69, 9.17) is 15.6 Å². The van der Waals surface area contributed by atoms with Crippen LogP contribution in [-0.2, 0) is 28.7 Å². The largest absolute Gasteiger partial charge is 0.478 e. The zero-order chi connectivity index (χ0) is 28.4. The Labute approximate surface area is 222 Å². The molecule has 2 aromatic carbocycles. The summed E-state index contributed by atoms with van der Waals surface area (Å²) >= 11 is 0. The third-order valence-electron chi connectivity index (χ3n) is 4.89. The molecule has 0 bridgehead atoms. The molecule has 3 aromatic rings. The summed E-state index contributed by atoms with van der Waals surface area (Å²) in [6.45, 7) is 1.74. The molecular weight excluding hydrogens is 508 g/mol. The number of benzene rings is 2. The van der Waals surface area contributed by atoms with E-state index in [1.807, 2.05) is 0 Å². The number of nitrogens with zero attached hydrogens (tertiary/aromatic N) is 3. The summed E-state index contributed by atoms with van der Waals surface area (Å²) in [7, 11) is 1.17. The minimum Gasteiger partial charge on any atom is -0.478 e. The van der Waals surface area contributed by atoms with E-state index in [0.717, 1.165) is 0 Å². The van der Waals surface area contributed by atoms with Gasteiger partial charge in [-0.3, -0.25) is 4.79 Å². The van der Waals surface area contributed by atoms with Crippen LogP contribution in [0.15, 0.2) is 59.7 Å². The summed E-state index contributed by atoms with van der Waals surface area (Å²) in [5, 5.41) is 14.9. The van der Waals surface area contributed by atoms with Gasteiger partial charge in [-0.25, -0.2) is 14.4 Å². The number of nitrogens with two attached hydrogens (primary N) is 1. The summed E-state index contributed by atoms with van der Waals surface area (Å²) < 4.78 is 9.56.